The molecule has 2 rings (SSSR count). The summed E-state index contributed by atoms with van der Waals surface area (Å²) < 4.78 is 1.70. The van der Waals surface area contributed by atoms with Gasteiger partial charge in [0, 0.05) is 25.5 Å². The van der Waals surface area contributed by atoms with Crippen LogP contribution in [0.25, 0.3) is 0 Å². The predicted octanol–water partition coefficient (Wildman–Crippen LogP) is 1.43. The Balaban J connectivity index is 2.15. The van der Waals surface area contributed by atoms with E-state index in [9.17, 15) is 0 Å². The highest BCUT2D eigenvalue weighted by Gasteiger charge is 1.98. The fourth-order valence-electron chi connectivity index (χ4n) is 1.15. The molecule has 0 unspecified atom stereocenters. The second kappa shape index (κ2) is 3.80. The Labute approximate surface area is 87.0 Å². The van der Waals surface area contributed by atoms with Gasteiger partial charge in [-0.15, -0.1) is 0 Å². The maximum atomic E-state index is 8.60. The van der Waals surface area contributed by atoms with Crippen molar-refractivity contribution in [1.29, 1.82) is 5.26 Å². The van der Waals surface area contributed by atoms with Crippen LogP contribution in [0.5, 0.6) is 0 Å². The molecule has 0 amide bonds. The molecular formula is C10H9N5. The molecule has 0 radical (unpaired) electrons. The van der Waals surface area contributed by atoms with Gasteiger partial charge in [0.1, 0.15) is 11.9 Å². The first-order chi connectivity index (χ1) is 7.28. The second-order valence-electron chi connectivity index (χ2n) is 3.04. The molecule has 74 valence electrons. The van der Waals surface area contributed by atoms with Crippen LogP contribution in [0.2, 0.25) is 0 Å². The van der Waals surface area contributed by atoms with Crippen LogP contribution in [0.4, 0.5) is 11.6 Å². The van der Waals surface area contributed by atoms with E-state index in [4.69, 9.17) is 5.26 Å². The van der Waals surface area contributed by atoms with E-state index < -0.39 is 0 Å². The van der Waals surface area contributed by atoms with E-state index in [2.05, 4.69) is 15.4 Å². The van der Waals surface area contributed by atoms with Gasteiger partial charge in [0.25, 0.3) is 0 Å². The second-order valence-corrected chi connectivity index (χ2v) is 3.04. The highest BCUT2D eigenvalue weighted by Crippen LogP contribution is 2.11. The van der Waals surface area contributed by atoms with E-state index in [1.807, 2.05) is 25.4 Å². The zero-order valence-corrected chi connectivity index (χ0v) is 8.18. The van der Waals surface area contributed by atoms with Crippen molar-refractivity contribution in [2.45, 2.75) is 0 Å². The number of hydrogen-bond acceptors (Lipinski definition) is 4. The highest BCUT2D eigenvalue weighted by atomic mass is 15.3. The molecule has 2 aromatic rings. The maximum absolute atomic E-state index is 8.60. The van der Waals surface area contributed by atoms with Crippen LogP contribution in [-0.2, 0) is 7.05 Å². The van der Waals surface area contributed by atoms with E-state index in [1.165, 1.54) is 6.20 Å². The third-order valence-corrected chi connectivity index (χ3v) is 1.86. The summed E-state index contributed by atoms with van der Waals surface area (Å²) in [6.07, 6.45) is 3.36. The van der Waals surface area contributed by atoms with Crippen LogP contribution < -0.4 is 5.32 Å². The van der Waals surface area contributed by atoms with E-state index >= 15 is 0 Å². The number of aromatic nitrogens is 3. The zero-order valence-electron chi connectivity index (χ0n) is 8.18. The van der Waals surface area contributed by atoms with Gasteiger partial charge in [-0.05, 0) is 12.1 Å². The van der Waals surface area contributed by atoms with Crippen molar-refractivity contribution < 1.29 is 0 Å². The Morgan fingerprint density at radius 3 is 2.73 bits per heavy atom. The Kier molecular flexibility index (Phi) is 2.33. The van der Waals surface area contributed by atoms with Gasteiger partial charge in [-0.2, -0.15) is 10.4 Å². The molecule has 0 saturated carbocycles. The minimum atomic E-state index is 0.543. The SMILES string of the molecule is Cn1ccc(Nc2ccc(C#N)cn2)n1. The van der Waals surface area contributed by atoms with Crippen LogP contribution in [0.1, 0.15) is 5.56 Å². The molecule has 1 N–H and O–H groups in total. The molecule has 0 aliphatic rings. The molecule has 15 heavy (non-hydrogen) atoms. The molecule has 5 heteroatoms. The number of pyridine rings is 1. The van der Waals surface area contributed by atoms with Gasteiger partial charge in [-0.1, -0.05) is 0 Å². The molecule has 0 fully saturated rings. The maximum Gasteiger partial charge on any atom is 0.153 e. The lowest BCUT2D eigenvalue weighted by atomic mass is 10.3. The highest BCUT2D eigenvalue weighted by molar-refractivity contribution is 5.51. The van der Waals surface area contributed by atoms with Crippen molar-refractivity contribution in [1.82, 2.24) is 14.8 Å². The van der Waals surface area contributed by atoms with Crippen molar-refractivity contribution in [3.8, 4) is 6.07 Å². The quantitative estimate of drug-likeness (QED) is 0.794. The number of anilines is 2. The van der Waals surface area contributed by atoms with Gasteiger partial charge < -0.3 is 5.32 Å². The monoisotopic (exact) mass is 199 g/mol. The van der Waals surface area contributed by atoms with Crippen LogP contribution in [-0.4, -0.2) is 14.8 Å². The van der Waals surface area contributed by atoms with Gasteiger partial charge in [-0.3, -0.25) is 4.68 Å². The summed E-state index contributed by atoms with van der Waals surface area (Å²) in [6.45, 7) is 0. The van der Waals surface area contributed by atoms with Gasteiger partial charge in [0.2, 0.25) is 0 Å². The average Bonchev–Trinajstić information content (AvgIpc) is 2.65. The summed E-state index contributed by atoms with van der Waals surface area (Å²) in [6, 6.07) is 7.31. The summed E-state index contributed by atoms with van der Waals surface area (Å²) in [5.74, 6) is 1.41. The Hall–Kier alpha value is -2.35. The molecule has 0 aromatic carbocycles. The molecule has 0 aliphatic heterocycles. The van der Waals surface area contributed by atoms with E-state index in [1.54, 1.807) is 16.8 Å². The standard InChI is InChI=1S/C10H9N5/c1-15-5-4-10(14-15)13-9-3-2-8(6-11)7-12-9/h2-5,7H,1H3,(H,12,13,14). The van der Waals surface area contributed by atoms with Gasteiger partial charge in [0.05, 0.1) is 5.56 Å². The summed E-state index contributed by atoms with van der Waals surface area (Å²) in [5, 5.41) is 15.8. The molecule has 0 aliphatic carbocycles. The lowest BCUT2D eigenvalue weighted by Crippen LogP contribution is -1.95. The Morgan fingerprint density at radius 2 is 2.20 bits per heavy atom. The molecule has 0 atom stereocenters. The molecule has 0 bridgehead atoms. The van der Waals surface area contributed by atoms with Crippen molar-refractivity contribution in [2.75, 3.05) is 5.32 Å². The summed E-state index contributed by atoms with van der Waals surface area (Å²) in [5.41, 5.74) is 0.543. The van der Waals surface area contributed by atoms with Crippen molar-refractivity contribution in [3.05, 3.63) is 36.2 Å². The molecule has 2 aromatic heterocycles. The summed E-state index contributed by atoms with van der Waals surface area (Å²) in [7, 11) is 1.84. The van der Waals surface area contributed by atoms with Gasteiger partial charge in [0.15, 0.2) is 5.82 Å². The first-order valence-electron chi connectivity index (χ1n) is 4.41. The fourth-order valence-corrected chi connectivity index (χ4v) is 1.15. The Morgan fingerprint density at radius 1 is 1.33 bits per heavy atom. The van der Waals surface area contributed by atoms with E-state index in [0.717, 1.165) is 5.82 Å². The smallest absolute Gasteiger partial charge is 0.153 e. The van der Waals surface area contributed by atoms with Crippen molar-refractivity contribution >= 4 is 11.6 Å². The van der Waals surface area contributed by atoms with E-state index in [0.29, 0.717) is 11.4 Å². The topological polar surface area (TPSA) is 66.5 Å². The lowest BCUT2D eigenvalue weighted by Gasteiger charge is -2.00. The number of nitrogens with zero attached hydrogens (tertiary/aromatic N) is 4. The lowest BCUT2D eigenvalue weighted by molar-refractivity contribution is 0.771. The van der Waals surface area contributed by atoms with Crippen LogP contribution in [0.15, 0.2) is 30.6 Å². The van der Waals surface area contributed by atoms with Gasteiger partial charge >= 0.3 is 0 Å². The Bertz CT molecular complexity index is 491. The molecule has 2 heterocycles. The summed E-state index contributed by atoms with van der Waals surface area (Å²) in [4.78, 5) is 4.07. The summed E-state index contributed by atoms with van der Waals surface area (Å²) >= 11 is 0. The van der Waals surface area contributed by atoms with Crippen LogP contribution >= 0.6 is 0 Å². The number of rotatable bonds is 2. The number of nitrogens with one attached hydrogen (secondary N) is 1. The molecule has 0 spiro atoms. The predicted molar refractivity (Wildman–Crippen MR) is 55.4 cm³/mol. The third-order valence-electron chi connectivity index (χ3n) is 1.86. The van der Waals surface area contributed by atoms with Crippen LogP contribution in [0.3, 0.4) is 0 Å². The minimum absolute atomic E-state index is 0.543. The normalized spacial score (nSPS) is 9.60. The van der Waals surface area contributed by atoms with Crippen molar-refractivity contribution in [2.24, 2.45) is 7.05 Å². The fraction of sp³-hybridized carbons (Fsp3) is 0.100. The number of nitriles is 1. The minimum Gasteiger partial charge on any atom is -0.323 e. The van der Waals surface area contributed by atoms with E-state index in [-0.39, 0.29) is 0 Å². The third kappa shape index (κ3) is 2.11. The number of aryl methyl sites for hydroxylation is 1. The molecular weight excluding hydrogens is 190 g/mol. The average molecular weight is 199 g/mol. The molecule has 5 nitrogen and oxygen atoms in total. The first kappa shape index (κ1) is 9.21. The van der Waals surface area contributed by atoms with Gasteiger partial charge in [-0.25, -0.2) is 4.98 Å². The van der Waals surface area contributed by atoms with Crippen LogP contribution in [0, 0.1) is 11.3 Å². The van der Waals surface area contributed by atoms with Crippen molar-refractivity contribution in [3.63, 3.8) is 0 Å². The largest absolute Gasteiger partial charge is 0.323 e. The number of hydrogen-bond donors (Lipinski definition) is 1. The zero-order chi connectivity index (χ0) is 10.7. The molecule has 0 saturated heterocycles. The first-order valence-corrected chi connectivity index (χ1v) is 4.41.